The second-order valence-corrected chi connectivity index (χ2v) is 9.96. The molecule has 1 aliphatic carbocycles. The number of rotatable bonds is 6. The minimum Gasteiger partial charge on any atom is -0.508 e. The number of aliphatic hydroxyl groups is 1. The molecular formula is C28H30N2O6. The van der Waals surface area contributed by atoms with Crippen LogP contribution in [-0.4, -0.2) is 63.4 Å². The van der Waals surface area contributed by atoms with Crippen molar-refractivity contribution in [1.29, 1.82) is 0 Å². The molecule has 0 atom stereocenters. The van der Waals surface area contributed by atoms with Gasteiger partial charge in [0.2, 0.25) is 5.78 Å². The van der Waals surface area contributed by atoms with E-state index in [1.807, 2.05) is 12.1 Å². The van der Waals surface area contributed by atoms with Gasteiger partial charge in [-0.2, -0.15) is 0 Å². The molecule has 3 aliphatic rings. The number of benzene rings is 2. The number of carbonyl (C=O) groups is 1. The lowest BCUT2D eigenvalue weighted by Gasteiger charge is -2.29. The summed E-state index contributed by atoms with van der Waals surface area (Å²) in [6, 6.07) is 8.51. The van der Waals surface area contributed by atoms with Crippen molar-refractivity contribution in [2.24, 2.45) is 0 Å². The van der Waals surface area contributed by atoms with Gasteiger partial charge >= 0.3 is 0 Å². The number of ether oxygens (including phenoxy) is 2. The van der Waals surface area contributed by atoms with E-state index in [2.05, 4.69) is 15.5 Å². The van der Waals surface area contributed by atoms with Gasteiger partial charge in [-0.25, -0.2) is 0 Å². The number of fused-ring (bicyclic) bond motifs is 2. The number of hydrogen-bond donors (Lipinski definition) is 3. The molecule has 3 N–H and O–H groups in total. The number of phenolic OH excluding ortho intramolecular Hbond substituents is 2. The Balaban J connectivity index is 1.43. The summed E-state index contributed by atoms with van der Waals surface area (Å²) in [6.45, 7) is 3.46. The molecule has 1 aromatic heterocycles. The third-order valence-corrected chi connectivity index (χ3v) is 7.52. The van der Waals surface area contributed by atoms with Crippen LogP contribution < -0.4 is 9.47 Å². The van der Waals surface area contributed by atoms with Crippen LogP contribution in [0.25, 0.3) is 17.0 Å². The molecule has 1 saturated heterocycles. The fraction of sp³-hybridized carbons (Fsp3) is 0.393. The normalized spacial score (nSPS) is 19.7. The standard InChI is InChI=1S/C28H30N2O6/c1-35-19-4-5-22-20(14-19)21(15-25-28(34)26-23(33)12-18(32)13-24(26)36-25)27(16-2-3-16)30(22)11-10-29-8-6-17(31)7-9-29/h4-5,12-17,31-33H,2-3,6-11H2,1H3/b25-15-. The van der Waals surface area contributed by atoms with Gasteiger partial charge in [-0.05, 0) is 55.9 Å². The van der Waals surface area contributed by atoms with Crippen molar-refractivity contribution in [3.63, 3.8) is 0 Å². The number of Topliss-reactive ketones (excluding diaryl/α,β-unsaturated/α-hetero) is 1. The van der Waals surface area contributed by atoms with E-state index in [9.17, 15) is 20.1 Å². The number of phenols is 2. The second-order valence-electron chi connectivity index (χ2n) is 9.96. The zero-order valence-electron chi connectivity index (χ0n) is 20.2. The highest BCUT2D eigenvalue weighted by atomic mass is 16.5. The van der Waals surface area contributed by atoms with Crippen LogP contribution in [0.4, 0.5) is 0 Å². The van der Waals surface area contributed by atoms with Crippen LogP contribution in [-0.2, 0) is 6.54 Å². The first-order valence-electron chi connectivity index (χ1n) is 12.5. The highest BCUT2D eigenvalue weighted by molar-refractivity contribution is 6.17. The van der Waals surface area contributed by atoms with Crippen molar-refractivity contribution in [1.82, 2.24) is 9.47 Å². The Morgan fingerprint density at radius 3 is 2.58 bits per heavy atom. The number of aromatic nitrogens is 1. The molecule has 3 heterocycles. The lowest BCUT2D eigenvalue weighted by molar-refractivity contribution is 0.0810. The minimum absolute atomic E-state index is 0.0700. The van der Waals surface area contributed by atoms with Crippen molar-refractivity contribution in [2.45, 2.75) is 44.2 Å². The van der Waals surface area contributed by atoms with Crippen molar-refractivity contribution >= 4 is 22.8 Å². The number of piperidine rings is 1. The lowest BCUT2D eigenvalue weighted by atomic mass is 10.0. The number of nitrogens with zero attached hydrogens (tertiary/aromatic N) is 2. The summed E-state index contributed by atoms with van der Waals surface area (Å²) in [5.74, 6) is 0.554. The molecule has 0 spiro atoms. The van der Waals surface area contributed by atoms with E-state index in [-0.39, 0.29) is 34.7 Å². The summed E-state index contributed by atoms with van der Waals surface area (Å²) in [7, 11) is 1.64. The molecule has 0 bridgehead atoms. The Kier molecular flexibility index (Phi) is 5.65. The van der Waals surface area contributed by atoms with Crippen molar-refractivity contribution in [3.05, 3.63) is 52.9 Å². The molecule has 2 fully saturated rings. The van der Waals surface area contributed by atoms with Crippen molar-refractivity contribution < 1.29 is 29.6 Å². The summed E-state index contributed by atoms with van der Waals surface area (Å²) < 4.78 is 13.7. The summed E-state index contributed by atoms with van der Waals surface area (Å²) in [6.07, 6.45) is 5.36. The van der Waals surface area contributed by atoms with Gasteiger partial charge in [0.1, 0.15) is 28.6 Å². The molecule has 8 nitrogen and oxygen atoms in total. The number of aromatic hydroxyl groups is 2. The number of methoxy groups -OCH3 is 1. The molecule has 36 heavy (non-hydrogen) atoms. The van der Waals surface area contributed by atoms with Gasteiger partial charge in [0.15, 0.2) is 5.76 Å². The van der Waals surface area contributed by atoms with Crippen LogP contribution in [0, 0.1) is 0 Å². The molecule has 2 aliphatic heterocycles. The summed E-state index contributed by atoms with van der Waals surface area (Å²) in [5.41, 5.74) is 3.26. The summed E-state index contributed by atoms with van der Waals surface area (Å²) in [4.78, 5) is 15.6. The predicted octanol–water partition coefficient (Wildman–Crippen LogP) is 4.01. The monoisotopic (exact) mass is 490 g/mol. The maximum absolute atomic E-state index is 13.2. The second kappa shape index (κ2) is 8.87. The molecule has 6 rings (SSSR count). The van der Waals surface area contributed by atoms with Gasteiger partial charge in [0, 0.05) is 60.5 Å². The molecule has 2 aromatic carbocycles. The average molecular weight is 491 g/mol. The Morgan fingerprint density at radius 2 is 1.86 bits per heavy atom. The zero-order chi connectivity index (χ0) is 25.0. The number of allylic oxidation sites excluding steroid dienone is 1. The van der Waals surface area contributed by atoms with Crippen molar-refractivity contribution in [3.8, 4) is 23.0 Å². The van der Waals surface area contributed by atoms with E-state index < -0.39 is 5.78 Å². The molecular weight excluding hydrogens is 460 g/mol. The van der Waals surface area contributed by atoms with Gasteiger partial charge in [-0.1, -0.05) is 0 Å². The van der Waals surface area contributed by atoms with E-state index in [4.69, 9.17) is 9.47 Å². The van der Waals surface area contributed by atoms with Gasteiger partial charge in [-0.3, -0.25) is 4.79 Å². The van der Waals surface area contributed by atoms with Crippen LogP contribution >= 0.6 is 0 Å². The molecule has 3 aromatic rings. The highest BCUT2D eigenvalue weighted by Crippen LogP contribution is 2.47. The Morgan fingerprint density at radius 1 is 1.08 bits per heavy atom. The fourth-order valence-electron chi connectivity index (χ4n) is 5.49. The largest absolute Gasteiger partial charge is 0.508 e. The number of carbonyl (C=O) groups excluding carboxylic acids is 1. The van der Waals surface area contributed by atoms with Gasteiger partial charge in [0.05, 0.1) is 13.2 Å². The summed E-state index contributed by atoms with van der Waals surface area (Å²) in [5, 5.41) is 30.9. The first kappa shape index (κ1) is 22.9. The topological polar surface area (TPSA) is 104 Å². The lowest BCUT2D eigenvalue weighted by Crippen LogP contribution is -2.37. The number of likely N-dealkylation sites (tertiary alicyclic amines) is 1. The number of hydrogen-bond acceptors (Lipinski definition) is 7. The quantitative estimate of drug-likeness (QED) is 0.449. The molecule has 0 unspecified atom stereocenters. The molecule has 1 saturated carbocycles. The van der Waals surface area contributed by atoms with Crippen LogP contribution in [0.3, 0.4) is 0 Å². The van der Waals surface area contributed by atoms with E-state index in [1.165, 1.54) is 11.8 Å². The average Bonchev–Trinajstić information content (AvgIpc) is 3.59. The molecule has 188 valence electrons. The first-order chi connectivity index (χ1) is 17.4. The molecule has 0 amide bonds. The van der Waals surface area contributed by atoms with E-state index in [0.717, 1.165) is 80.1 Å². The van der Waals surface area contributed by atoms with Crippen LogP contribution in [0.15, 0.2) is 36.1 Å². The predicted molar refractivity (Wildman–Crippen MR) is 135 cm³/mol. The number of ketones is 1. The third kappa shape index (κ3) is 4.00. The Hall–Kier alpha value is -3.49. The van der Waals surface area contributed by atoms with E-state index in [1.54, 1.807) is 13.2 Å². The maximum atomic E-state index is 13.2. The van der Waals surface area contributed by atoms with Gasteiger partial charge < -0.3 is 34.3 Å². The number of aliphatic hydroxyl groups excluding tert-OH is 1. The first-order valence-corrected chi connectivity index (χ1v) is 12.5. The van der Waals surface area contributed by atoms with E-state index >= 15 is 0 Å². The summed E-state index contributed by atoms with van der Waals surface area (Å²) >= 11 is 0. The fourth-order valence-corrected chi connectivity index (χ4v) is 5.49. The highest BCUT2D eigenvalue weighted by Gasteiger charge is 2.35. The smallest absolute Gasteiger partial charge is 0.235 e. The SMILES string of the molecule is COc1ccc2c(c1)c(/C=C1\Oc3cc(O)cc(O)c3C1=O)c(C1CC1)n2CCN1CCC(O)CC1. The molecule has 8 heteroatoms. The van der Waals surface area contributed by atoms with Gasteiger partial charge in [-0.15, -0.1) is 0 Å². The van der Waals surface area contributed by atoms with E-state index in [0.29, 0.717) is 5.92 Å². The Labute approximate surface area is 209 Å². The van der Waals surface area contributed by atoms with Crippen LogP contribution in [0.2, 0.25) is 0 Å². The maximum Gasteiger partial charge on any atom is 0.235 e. The zero-order valence-corrected chi connectivity index (χ0v) is 20.2. The van der Waals surface area contributed by atoms with Gasteiger partial charge in [0.25, 0.3) is 0 Å². The Bertz CT molecular complexity index is 1380. The van der Waals surface area contributed by atoms with Crippen LogP contribution in [0.1, 0.15) is 53.2 Å². The molecule has 0 radical (unpaired) electrons. The van der Waals surface area contributed by atoms with Crippen molar-refractivity contribution in [2.75, 3.05) is 26.7 Å². The minimum atomic E-state index is -0.403. The third-order valence-electron chi connectivity index (χ3n) is 7.52. The van der Waals surface area contributed by atoms with Crippen LogP contribution in [0.5, 0.6) is 23.0 Å².